The molecule has 0 bridgehead atoms. The van der Waals surface area contributed by atoms with E-state index in [9.17, 15) is 19.8 Å². The number of aromatic nitrogens is 2. The van der Waals surface area contributed by atoms with Crippen molar-refractivity contribution in [3.63, 3.8) is 0 Å². The topological polar surface area (TPSA) is 112 Å². The van der Waals surface area contributed by atoms with E-state index in [0.29, 0.717) is 5.56 Å². The number of carbonyl (C=O) groups is 2. The van der Waals surface area contributed by atoms with Crippen LogP contribution in [0.1, 0.15) is 16.1 Å². The molecule has 1 heterocycles. The maximum atomic E-state index is 11.9. The van der Waals surface area contributed by atoms with E-state index in [1.807, 2.05) is 0 Å². The predicted octanol–water partition coefficient (Wildman–Crippen LogP) is 0.608. The Kier molecular flexibility index (Phi) is 4.45. The minimum Gasteiger partial charge on any atom is -0.508 e. The van der Waals surface area contributed by atoms with Gasteiger partial charge in [0.15, 0.2) is 0 Å². The second kappa shape index (κ2) is 6.47. The van der Waals surface area contributed by atoms with Crippen molar-refractivity contribution in [2.24, 2.45) is 0 Å². The molecular weight excluding hydrogens is 274 g/mol. The number of aliphatic carboxylic acids is 1. The summed E-state index contributed by atoms with van der Waals surface area (Å²) in [5.41, 5.74) is 0.731. The molecule has 0 saturated heterocycles. The van der Waals surface area contributed by atoms with Crippen LogP contribution in [0.4, 0.5) is 0 Å². The first-order chi connectivity index (χ1) is 10.1. The number of phenolic OH excluding ortho intramolecular Hbond substituents is 1. The van der Waals surface area contributed by atoms with Gasteiger partial charge in [-0.2, -0.15) is 0 Å². The lowest BCUT2D eigenvalue weighted by atomic mass is 10.1. The Bertz CT molecular complexity index is 628. The van der Waals surface area contributed by atoms with Crippen molar-refractivity contribution in [1.29, 1.82) is 0 Å². The zero-order valence-corrected chi connectivity index (χ0v) is 10.9. The second-order valence-electron chi connectivity index (χ2n) is 4.33. The minimum atomic E-state index is -1.15. The van der Waals surface area contributed by atoms with Crippen LogP contribution in [0.3, 0.4) is 0 Å². The van der Waals surface area contributed by atoms with Gasteiger partial charge in [0, 0.05) is 18.8 Å². The Hall–Kier alpha value is -2.96. The van der Waals surface area contributed by atoms with E-state index in [1.165, 1.54) is 30.7 Å². The van der Waals surface area contributed by atoms with Crippen LogP contribution in [0.25, 0.3) is 0 Å². The van der Waals surface area contributed by atoms with Gasteiger partial charge in [-0.3, -0.25) is 9.78 Å². The van der Waals surface area contributed by atoms with Crippen LogP contribution >= 0.6 is 0 Å². The fourth-order valence-corrected chi connectivity index (χ4v) is 1.72. The largest absolute Gasteiger partial charge is 0.508 e. The summed E-state index contributed by atoms with van der Waals surface area (Å²) < 4.78 is 0. The van der Waals surface area contributed by atoms with Crippen molar-refractivity contribution in [1.82, 2.24) is 15.3 Å². The number of carbonyl (C=O) groups excluding carboxylic acids is 1. The van der Waals surface area contributed by atoms with Crippen molar-refractivity contribution in [2.75, 3.05) is 0 Å². The average molecular weight is 287 g/mol. The fourth-order valence-electron chi connectivity index (χ4n) is 1.72. The standard InChI is InChI=1S/C14H13N3O4/c18-10-3-1-9(2-4-10)7-11(14(20)21)17-13(19)12-8-15-5-6-16-12/h1-6,8,11,18H,7H2,(H,17,19)(H,20,21)/t11-/m0/s1. The number of nitrogens with one attached hydrogen (secondary N) is 1. The van der Waals surface area contributed by atoms with E-state index in [2.05, 4.69) is 15.3 Å². The molecule has 0 fully saturated rings. The molecule has 0 aliphatic heterocycles. The van der Waals surface area contributed by atoms with Crippen LogP contribution < -0.4 is 5.32 Å². The molecule has 1 aromatic carbocycles. The minimum absolute atomic E-state index is 0.0504. The van der Waals surface area contributed by atoms with Crippen molar-refractivity contribution >= 4 is 11.9 Å². The van der Waals surface area contributed by atoms with Crippen LogP contribution in [0, 0.1) is 0 Å². The summed E-state index contributed by atoms with van der Waals surface area (Å²) >= 11 is 0. The lowest BCUT2D eigenvalue weighted by Gasteiger charge is -2.14. The number of hydrogen-bond donors (Lipinski definition) is 3. The number of carboxylic acids is 1. The number of amides is 1. The van der Waals surface area contributed by atoms with Crippen molar-refractivity contribution < 1.29 is 19.8 Å². The highest BCUT2D eigenvalue weighted by Gasteiger charge is 2.21. The smallest absolute Gasteiger partial charge is 0.326 e. The fraction of sp³-hybridized carbons (Fsp3) is 0.143. The summed E-state index contributed by atoms with van der Waals surface area (Å²) in [6, 6.07) is 5.01. The predicted molar refractivity (Wildman–Crippen MR) is 72.7 cm³/mol. The SMILES string of the molecule is O=C(N[C@@H](Cc1ccc(O)cc1)C(=O)O)c1cnccn1. The Morgan fingerprint density at radius 3 is 2.48 bits per heavy atom. The summed E-state index contributed by atoms with van der Waals surface area (Å²) in [7, 11) is 0. The second-order valence-corrected chi connectivity index (χ2v) is 4.33. The van der Waals surface area contributed by atoms with Gasteiger partial charge >= 0.3 is 5.97 Å². The van der Waals surface area contributed by atoms with Crippen molar-refractivity contribution in [2.45, 2.75) is 12.5 Å². The summed E-state index contributed by atoms with van der Waals surface area (Å²) in [4.78, 5) is 30.7. The molecule has 0 radical (unpaired) electrons. The van der Waals surface area contributed by atoms with Gasteiger partial charge in [0.05, 0.1) is 6.20 Å². The van der Waals surface area contributed by atoms with Crippen molar-refractivity contribution in [3.8, 4) is 5.75 Å². The van der Waals surface area contributed by atoms with Gasteiger partial charge in [-0.05, 0) is 17.7 Å². The number of nitrogens with zero attached hydrogens (tertiary/aromatic N) is 2. The molecule has 2 aromatic rings. The van der Waals surface area contributed by atoms with E-state index < -0.39 is 17.9 Å². The van der Waals surface area contributed by atoms with Gasteiger partial charge in [-0.15, -0.1) is 0 Å². The highest BCUT2D eigenvalue weighted by Crippen LogP contribution is 2.11. The third-order valence-corrected chi connectivity index (χ3v) is 2.78. The normalized spacial score (nSPS) is 11.6. The molecule has 7 nitrogen and oxygen atoms in total. The van der Waals surface area contributed by atoms with Crippen molar-refractivity contribution in [3.05, 3.63) is 54.1 Å². The first-order valence-corrected chi connectivity index (χ1v) is 6.14. The molecule has 21 heavy (non-hydrogen) atoms. The average Bonchev–Trinajstić information content (AvgIpc) is 2.49. The zero-order valence-electron chi connectivity index (χ0n) is 10.9. The molecule has 2 rings (SSSR count). The van der Waals surface area contributed by atoms with Gasteiger partial charge in [0.1, 0.15) is 17.5 Å². The third kappa shape index (κ3) is 4.00. The Balaban J connectivity index is 2.07. The maximum absolute atomic E-state index is 11.9. The molecular formula is C14H13N3O4. The number of phenols is 1. The van der Waals surface area contributed by atoms with E-state index in [1.54, 1.807) is 12.1 Å². The maximum Gasteiger partial charge on any atom is 0.326 e. The monoisotopic (exact) mass is 287 g/mol. The summed E-state index contributed by atoms with van der Waals surface area (Å²) in [5, 5.41) is 20.8. The molecule has 3 N–H and O–H groups in total. The highest BCUT2D eigenvalue weighted by molar-refractivity contribution is 5.94. The molecule has 1 amide bonds. The Labute approximate surface area is 120 Å². The van der Waals surface area contributed by atoms with Crippen LogP contribution in [0.5, 0.6) is 5.75 Å². The number of rotatable bonds is 5. The lowest BCUT2D eigenvalue weighted by Crippen LogP contribution is -2.42. The first kappa shape index (κ1) is 14.4. The Morgan fingerprint density at radius 1 is 1.19 bits per heavy atom. The van der Waals surface area contributed by atoms with Gasteiger partial charge in [0.25, 0.3) is 5.91 Å². The van der Waals surface area contributed by atoms with Gasteiger partial charge in [0.2, 0.25) is 0 Å². The van der Waals surface area contributed by atoms with Crippen LogP contribution in [-0.2, 0) is 11.2 Å². The number of aromatic hydroxyl groups is 1. The molecule has 0 saturated carbocycles. The van der Waals surface area contributed by atoms with Gasteiger partial charge in [-0.25, -0.2) is 9.78 Å². The van der Waals surface area contributed by atoms with E-state index in [0.717, 1.165) is 0 Å². The molecule has 0 unspecified atom stereocenters. The van der Waals surface area contributed by atoms with E-state index in [-0.39, 0.29) is 17.9 Å². The summed E-state index contributed by atoms with van der Waals surface area (Å²) in [6.07, 6.45) is 4.13. The van der Waals surface area contributed by atoms with Crippen LogP contribution in [0.15, 0.2) is 42.9 Å². The Morgan fingerprint density at radius 2 is 1.90 bits per heavy atom. The van der Waals surface area contributed by atoms with E-state index >= 15 is 0 Å². The first-order valence-electron chi connectivity index (χ1n) is 6.14. The molecule has 0 aliphatic carbocycles. The molecule has 7 heteroatoms. The summed E-state index contributed by atoms with van der Waals surface area (Å²) in [6.45, 7) is 0. The highest BCUT2D eigenvalue weighted by atomic mass is 16.4. The molecule has 0 spiro atoms. The van der Waals surface area contributed by atoms with Gasteiger partial charge in [-0.1, -0.05) is 12.1 Å². The third-order valence-electron chi connectivity index (χ3n) is 2.78. The number of benzene rings is 1. The molecule has 108 valence electrons. The summed E-state index contributed by atoms with van der Waals surface area (Å²) in [5.74, 6) is -1.66. The van der Waals surface area contributed by atoms with Gasteiger partial charge < -0.3 is 15.5 Å². The lowest BCUT2D eigenvalue weighted by molar-refractivity contribution is -0.139. The number of hydrogen-bond acceptors (Lipinski definition) is 5. The quantitative estimate of drug-likeness (QED) is 0.742. The zero-order chi connectivity index (χ0) is 15.2. The van der Waals surface area contributed by atoms with Crippen LogP contribution in [-0.4, -0.2) is 38.1 Å². The molecule has 1 aromatic heterocycles. The van der Waals surface area contributed by atoms with Crippen LogP contribution in [0.2, 0.25) is 0 Å². The van der Waals surface area contributed by atoms with E-state index in [4.69, 9.17) is 0 Å². The molecule has 1 atom stereocenters. The molecule has 0 aliphatic rings. The number of carboxylic acid groups (broad SMARTS) is 1.